The van der Waals surface area contributed by atoms with Crippen molar-refractivity contribution in [2.75, 3.05) is 42.9 Å². The molecule has 1 saturated heterocycles. The van der Waals surface area contributed by atoms with E-state index >= 15 is 0 Å². The van der Waals surface area contributed by atoms with Crippen LogP contribution in [0.4, 0.5) is 11.4 Å². The number of halogens is 1. The molecule has 1 aliphatic rings. The Labute approximate surface area is 167 Å². The Balaban J connectivity index is 1.54. The maximum atomic E-state index is 12.8. The summed E-state index contributed by atoms with van der Waals surface area (Å²) >= 11 is 3.47. The van der Waals surface area contributed by atoms with Crippen LogP contribution in [0.2, 0.25) is 0 Å². The minimum atomic E-state index is -0.123. The normalized spacial score (nSPS) is 15.3. The summed E-state index contributed by atoms with van der Waals surface area (Å²) in [6.45, 7) is 7.33. The molecule has 2 N–H and O–H groups in total. The molecule has 2 aromatic carbocycles. The summed E-state index contributed by atoms with van der Waals surface area (Å²) in [5.41, 5.74) is 3.45. The van der Waals surface area contributed by atoms with Crippen LogP contribution in [0.15, 0.2) is 53.0 Å². The van der Waals surface area contributed by atoms with Crippen molar-refractivity contribution in [2.24, 2.45) is 0 Å². The van der Waals surface area contributed by atoms with E-state index < -0.39 is 0 Å². The zero-order valence-corrected chi connectivity index (χ0v) is 16.9. The van der Waals surface area contributed by atoms with Crippen molar-refractivity contribution in [3.63, 3.8) is 0 Å². The van der Waals surface area contributed by atoms with Crippen molar-refractivity contribution >= 4 is 44.1 Å². The van der Waals surface area contributed by atoms with Crippen molar-refractivity contribution in [3.8, 4) is 0 Å². The molecule has 1 aromatic heterocycles. The average molecular weight is 427 g/mol. The fourth-order valence-electron chi connectivity index (χ4n) is 3.58. The van der Waals surface area contributed by atoms with Crippen LogP contribution in [0.3, 0.4) is 0 Å². The number of piperazine rings is 1. The number of aromatic nitrogens is 1. The number of carbonyl (C=O) groups is 1. The molecule has 1 amide bonds. The van der Waals surface area contributed by atoms with Gasteiger partial charge in [0.1, 0.15) is 5.69 Å². The van der Waals surface area contributed by atoms with Crippen LogP contribution in [-0.2, 0) is 0 Å². The third-order valence-corrected chi connectivity index (χ3v) is 5.63. The maximum absolute atomic E-state index is 12.8. The summed E-state index contributed by atoms with van der Waals surface area (Å²) < 4.78 is 0.998. The Hall–Kier alpha value is -2.31. The van der Waals surface area contributed by atoms with Gasteiger partial charge in [0.2, 0.25) is 0 Å². The van der Waals surface area contributed by atoms with E-state index in [9.17, 15) is 4.79 Å². The number of aromatic amines is 1. The Morgan fingerprint density at radius 2 is 1.89 bits per heavy atom. The standard InChI is InChI=1S/C21H23BrN4O/c1-2-25-9-11-26(12-10-25)20-6-4-3-5-18(20)24-21(27)19-14-15-13-16(22)7-8-17(15)23-19/h3-8,13-14,23H,2,9-12H2,1H3,(H,24,27). The molecule has 4 rings (SSSR count). The number of anilines is 2. The van der Waals surface area contributed by atoms with E-state index in [1.165, 1.54) is 0 Å². The van der Waals surface area contributed by atoms with Crippen LogP contribution < -0.4 is 10.2 Å². The van der Waals surface area contributed by atoms with Gasteiger partial charge in [-0.1, -0.05) is 35.0 Å². The summed E-state index contributed by atoms with van der Waals surface area (Å²) in [6, 6.07) is 15.9. The monoisotopic (exact) mass is 426 g/mol. The largest absolute Gasteiger partial charge is 0.367 e. The second-order valence-electron chi connectivity index (χ2n) is 6.81. The quantitative estimate of drug-likeness (QED) is 0.652. The highest BCUT2D eigenvalue weighted by atomic mass is 79.9. The van der Waals surface area contributed by atoms with Gasteiger partial charge in [0.25, 0.3) is 5.91 Å². The lowest BCUT2D eigenvalue weighted by molar-refractivity contribution is 0.102. The van der Waals surface area contributed by atoms with Crippen molar-refractivity contribution in [1.29, 1.82) is 0 Å². The summed E-state index contributed by atoms with van der Waals surface area (Å²) in [5.74, 6) is -0.123. The van der Waals surface area contributed by atoms with E-state index in [0.29, 0.717) is 5.69 Å². The molecule has 0 bridgehead atoms. The molecule has 140 valence electrons. The van der Waals surface area contributed by atoms with Crippen molar-refractivity contribution in [1.82, 2.24) is 9.88 Å². The number of fused-ring (bicyclic) bond motifs is 1. The van der Waals surface area contributed by atoms with Crippen LogP contribution in [0, 0.1) is 0 Å². The van der Waals surface area contributed by atoms with Crippen LogP contribution in [-0.4, -0.2) is 48.5 Å². The molecule has 3 aromatic rings. The minimum absolute atomic E-state index is 0.123. The predicted octanol–water partition coefficient (Wildman–Crippen LogP) is 4.32. The van der Waals surface area contributed by atoms with Gasteiger partial charge in [-0.3, -0.25) is 4.79 Å². The molecule has 6 heteroatoms. The number of H-pyrrole nitrogens is 1. The Bertz CT molecular complexity index is 960. The molecular formula is C21H23BrN4O. The zero-order chi connectivity index (χ0) is 18.8. The van der Waals surface area contributed by atoms with E-state index in [-0.39, 0.29) is 5.91 Å². The number of nitrogens with one attached hydrogen (secondary N) is 2. The van der Waals surface area contributed by atoms with Gasteiger partial charge in [-0.05, 0) is 42.9 Å². The van der Waals surface area contributed by atoms with E-state index in [2.05, 4.69) is 49.0 Å². The number of hydrogen-bond donors (Lipinski definition) is 2. The fourth-order valence-corrected chi connectivity index (χ4v) is 3.95. The predicted molar refractivity (Wildman–Crippen MR) is 115 cm³/mol. The number of likely N-dealkylation sites (N-methyl/N-ethyl adjacent to an activating group) is 1. The summed E-state index contributed by atoms with van der Waals surface area (Å²) in [6.07, 6.45) is 0. The highest BCUT2D eigenvalue weighted by Gasteiger charge is 2.19. The van der Waals surface area contributed by atoms with Crippen LogP contribution in [0.5, 0.6) is 0 Å². The molecule has 0 radical (unpaired) electrons. The topological polar surface area (TPSA) is 51.4 Å². The number of nitrogens with zero attached hydrogens (tertiary/aromatic N) is 2. The Morgan fingerprint density at radius 3 is 2.67 bits per heavy atom. The lowest BCUT2D eigenvalue weighted by Gasteiger charge is -2.36. The molecule has 1 aliphatic heterocycles. The summed E-state index contributed by atoms with van der Waals surface area (Å²) in [4.78, 5) is 20.8. The highest BCUT2D eigenvalue weighted by molar-refractivity contribution is 9.10. The van der Waals surface area contributed by atoms with Gasteiger partial charge in [-0.2, -0.15) is 0 Å². The van der Waals surface area contributed by atoms with Gasteiger partial charge in [0.05, 0.1) is 11.4 Å². The molecular weight excluding hydrogens is 404 g/mol. The zero-order valence-electron chi connectivity index (χ0n) is 15.3. The number of amides is 1. The molecule has 0 atom stereocenters. The van der Waals surface area contributed by atoms with Gasteiger partial charge >= 0.3 is 0 Å². The molecule has 0 spiro atoms. The van der Waals surface area contributed by atoms with Crippen molar-refractivity contribution < 1.29 is 4.79 Å². The fraction of sp³-hybridized carbons (Fsp3) is 0.286. The lowest BCUT2D eigenvalue weighted by atomic mass is 10.2. The Kier molecular flexibility index (Phi) is 5.18. The van der Waals surface area contributed by atoms with E-state index in [1.54, 1.807) is 0 Å². The van der Waals surface area contributed by atoms with E-state index in [0.717, 1.165) is 59.5 Å². The first-order chi connectivity index (χ1) is 13.1. The number of benzene rings is 2. The molecule has 0 saturated carbocycles. The molecule has 2 heterocycles. The van der Waals surface area contributed by atoms with Gasteiger partial charge in [0.15, 0.2) is 0 Å². The number of rotatable bonds is 4. The van der Waals surface area contributed by atoms with Crippen molar-refractivity contribution in [3.05, 3.63) is 58.7 Å². The molecule has 1 fully saturated rings. The second-order valence-corrected chi connectivity index (χ2v) is 7.72. The first-order valence-corrected chi connectivity index (χ1v) is 10.1. The highest BCUT2D eigenvalue weighted by Crippen LogP contribution is 2.28. The number of hydrogen-bond acceptors (Lipinski definition) is 3. The third kappa shape index (κ3) is 3.87. The van der Waals surface area contributed by atoms with Gasteiger partial charge in [-0.15, -0.1) is 0 Å². The molecule has 0 unspecified atom stereocenters. The first-order valence-electron chi connectivity index (χ1n) is 9.30. The molecule has 27 heavy (non-hydrogen) atoms. The lowest BCUT2D eigenvalue weighted by Crippen LogP contribution is -2.46. The summed E-state index contributed by atoms with van der Waals surface area (Å²) in [7, 11) is 0. The van der Waals surface area contributed by atoms with E-state index in [1.807, 2.05) is 42.5 Å². The third-order valence-electron chi connectivity index (χ3n) is 5.14. The molecule has 0 aliphatic carbocycles. The van der Waals surface area contributed by atoms with Crippen LogP contribution in [0.25, 0.3) is 10.9 Å². The number of para-hydroxylation sites is 2. The summed E-state index contributed by atoms with van der Waals surface area (Å²) in [5, 5.41) is 4.10. The van der Waals surface area contributed by atoms with Gasteiger partial charge < -0.3 is 20.1 Å². The smallest absolute Gasteiger partial charge is 0.272 e. The van der Waals surface area contributed by atoms with Crippen LogP contribution in [0.1, 0.15) is 17.4 Å². The maximum Gasteiger partial charge on any atom is 0.272 e. The second kappa shape index (κ2) is 7.74. The van der Waals surface area contributed by atoms with Gasteiger partial charge in [0, 0.05) is 41.6 Å². The Morgan fingerprint density at radius 1 is 1.11 bits per heavy atom. The van der Waals surface area contributed by atoms with Gasteiger partial charge in [-0.25, -0.2) is 0 Å². The molecule has 5 nitrogen and oxygen atoms in total. The number of carbonyl (C=O) groups excluding carboxylic acids is 1. The van der Waals surface area contributed by atoms with Crippen LogP contribution >= 0.6 is 15.9 Å². The van der Waals surface area contributed by atoms with E-state index in [4.69, 9.17) is 0 Å². The van der Waals surface area contributed by atoms with Crippen molar-refractivity contribution in [2.45, 2.75) is 6.92 Å². The first kappa shape index (κ1) is 18.1. The minimum Gasteiger partial charge on any atom is -0.367 e. The SMILES string of the molecule is CCN1CCN(c2ccccc2NC(=O)c2cc3cc(Br)ccc3[nH]2)CC1. The average Bonchev–Trinajstić information content (AvgIpc) is 3.12.